The first kappa shape index (κ1) is 15.8. The number of alkyl halides is 3. The summed E-state index contributed by atoms with van der Waals surface area (Å²) in [5.41, 5.74) is -4.85. The van der Waals surface area contributed by atoms with Gasteiger partial charge in [0.2, 0.25) is 0 Å². The number of rotatable bonds is 2. The van der Waals surface area contributed by atoms with E-state index in [-0.39, 0.29) is 11.0 Å². The number of fused-ring (bicyclic) bond motifs is 4. The van der Waals surface area contributed by atoms with Crippen LogP contribution in [0.25, 0.3) is 32.7 Å². The highest BCUT2D eigenvalue weighted by Gasteiger charge is 2.48. The summed E-state index contributed by atoms with van der Waals surface area (Å²) in [5, 5.41) is 2.38. The smallest absolute Gasteiger partial charge is 0.456 e. The van der Waals surface area contributed by atoms with Gasteiger partial charge in [-0.3, -0.25) is 0 Å². The van der Waals surface area contributed by atoms with E-state index in [1.807, 2.05) is 24.3 Å². The third-order valence-electron chi connectivity index (χ3n) is 3.81. The number of halogens is 3. The molecule has 3 aromatic carbocycles. The van der Waals surface area contributed by atoms with Crippen molar-refractivity contribution in [1.29, 1.82) is 0 Å². The summed E-state index contributed by atoms with van der Waals surface area (Å²) < 4.78 is 70.6. The zero-order valence-electron chi connectivity index (χ0n) is 12.4. The summed E-state index contributed by atoms with van der Waals surface area (Å²) in [4.78, 5) is 0. The summed E-state index contributed by atoms with van der Waals surface area (Å²) in [7, 11) is -5.77. The molecule has 8 heteroatoms. The molecule has 128 valence electrons. The van der Waals surface area contributed by atoms with E-state index in [1.54, 1.807) is 12.1 Å². The fourth-order valence-corrected chi connectivity index (χ4v) is 3.18. The van der Waals surface area contributed by atoms with Crippen molar-refractivity contribution in [2.45, 2.75) is 5.51 Å². The van der Waals surface area contributed by atoms with E-state index in [0.717, 1.165) is 16.8 Å². The van der Waals surface area contributed by atoms with Gasteiger partial charge >= 0.3 is 15.6 Å². The van der Waals surface area contributed by atoms with Gasteiger partial charge in [0, 0.05) is 5.39 Å². The third kappa shape index (κ3) is 2.49. The fraction of sp³-hybridized carbons (Fsp3) is 0.0588. The minimum absolute atomic E-state index is 0.177. The average molecular weight is 366 g/mol. The highest BCUT2D eigenvalue weighted by Crippen LogP contribution is 2.39. The van der Waals surface area contributed by atoms with Crippen molar-refractivity contribution in [2.24, 2.45) is 0 Å². The predicted octanol–water partition coefficient (Wildman–Crippen LogP) is 4.97. The Bertz CT molecular complexity index is 1220. The van der Waals surface area contributed by atoms with Gasteiger partial charge < -0.3 is 8.60 Å². The van der Waals surface area contributed by atoms with Crippen molar-refractivity contribution in [2.75, 3.05) is 0 Å². The van der Waals surface area contributed by atoms with Crippen LogP contribution >= 0.6 is 0 Å². The summed E-state index contributed by atoms with van der Waals surface area (Å²) in [5.74, 6) is -0.427. The lowest BCUT2D eigenvalue weighted by Crippen LogP contribution is -2.28. The third-order valence-corrected chi connectivity index (χ3v) is 4.77. The molecule has 0 saturated carbocycles. The van der Waals surface area contributed by atoms with Gasteiger partial charge in [-0.25, -0.2) is 0 Å². The molecule has 0 unspecified atom stereocenters. The van der Waals surface area contributed by atoms with Gasteiger partial charge in [-0.1, -0.05) is 30.3 Å². The Balaban J connectivity index is 2.01. The van der Waals surface area contributed by atoms with Crippen molar-refractivity contribution in [3.8, 4) is 5.75 Å². The molecule has 4 rings (SSSR count). The number of hydrogen-bond donors (Lipinski definition) is 0. The van der Waals surface area contributed by atoms with Crippen LogP contribution < -0.4 is 4.18 Å². The minimum atomic E-state index is -5.77. The van der Waals surface area contributed by atoms with Crippen LogP contribution in [0, 0.1) is 0 Å². The van der Waals surface area contributed by atoms with Crippen LogP contribution in [-0.2, 0) is 10.1 Å². The lowest BCUT2D eigenvalue weighted by Gasteiger charge is -2.10. The molecule has 0 radical (unpaired) electrons. The summed E-state index contributed by atoms with van der Waals surface area (Å²) in [6.45, 7) is 0. The largest absolute Gasteiger partial charge is 0.534 e. The Morgan fingerprint density at radius 1 is 0.880 bits per heavy atom. The molecule has 0 bridgehead atoms. The molecule has 0 N–H and O–H groups in total. The van der Waals surface area contributed by atoms with Gasteiger partial charge in [-0.2, -0.15) is 21.6 Å². The van der Waals surface area contributed by atoms with Crippen LogP contribution in [0.5, 0.6) is 5.75 Å². The van der Waals surface area contributed by atoms with Crippen molar-refractivity contribution in [1.82, 2.24) is 0 Å². The van der Waals surface area contributed by atoms with Gasteiger partial charge in [0.25, 0.3) is 0 Å². The zero-order chi connectivity index (χ0) is 17.8. The van der Waals surface area contributed by atoms with E-state index in [1.165, 1.54) is 12.1 Å². The molecule has 0 aliphatic heterocycles. The normalized spacial score (nSPS) is 12.9. The molecule has 4 aromatic rings. The molecule has 0 amide bonds. The number of benzene rings is 3. The van der Waals surface area contributed by atoms with Crippen molar-refractivity contribution in [3.63, 3.8) is 0 Å². The topological polar surface area (TPSA) is 56.5 Å². The Morgan fingerprint density at radius 2 is 1.56 bits per heavy atom. The highest BCUT2D eigenvalue weighted by atomic mass is 32.2. The van der Waals surface area contributed by atoms with E-state index in [2.05, 4.69) is 4.18 Å². The second-order valence-electron chi connectivity index (χ2n) is 5.41. The van der Waals surface area contributed by atoms with Crippen LogP contribution in [-0.4, -0.2) is 13.9 Å². The Morgan fingerprint density at radius 3 is 2.24 bits per heavy atom. The second-order valence-corrected chi connectivity index (χ2v) is 6.95. The summed E-state index contributed by atoms with van der Waals surface area (Å²) in [6.07, 6.45) is 0. The van der Waals surface area contributed by atoms with E-state index in [9.17, 15) is 21.6 Å². The van der Waals surface area contributed by atoms with Crippen molar-refractivity contribution < 1.29 is 30.2 Å². The predicted molar refractivity (Wildman–Crippen MR) is 86.8 cm³/mol. The zero-order valence-corrected chi connectivity index (χ0v) is 13.2. The molecular formula is C17H9F3O4S. The van der Waals surface area contributed by atoms with Crippen LogP contribution in [0.2, 0.25) is 0 Å². The number of hydrogen-bond acceptors (Lipinski definition) is 4. The molecule has 25 heavy (non-hydrogen) atoms. The first-order chi connectivity index (χ1) is 11.8. The maximum Gasteiger partial charge on any atom is 0.534 e. The SMILES string of the molecule is O=S(=O)(Oc1cccc2oc3cc4ccccc4cc3c12)C(F)(F)F. The Kier molecular flexibility index (Phi) is 3.23. The van der Waals surface area contributed by atoms with Crippen molar-refractivity contribution in [3.05, 3.63) is 54.6 Å². The number of furan rings is 1. The molecule has 4 nitrogen and oxygen atoms in total. The van der Waals surface area contributed by atoms with Gasteiger partial charge in [0.15, 0.2) is 5.75 Å². The molecule has 0 fully saturated rings. The maximum atomic E-state index is 12.6. The molecule has 0 atom stereocenters. The van der Waals surface area contributed by atoms with Crippen LogP contribution in [0.15, 0.2) is 59.0 Å². The minimum Gasteiger partial charge on any atom is -0.456 e. The quantitative estimate of drug-likeness (QED) is 0.371. The van der Waals surface area contributed by atoms with Gasteiger partial charge in [-0.15, -0.1) is 0 Å². The summed E-state index contributed by atoms with van der Waals surface area (Å²) in [6, 6.07) is 14.9. The molecule has 0 saturated heterocycles. The van der Waals surface area contributed by atoms with Crippen LogP contribution in [0.1, 0.15) is 0 Å². The molecule has 0 aliphatic carbocycles. The first-order valence-corrected chi connectivity index (χ1v) is 8.52. The van der Waals surface area contributed by atoms with Crippen LogP contribution in [0.4, 0.5) is 13.2 Å². The molecular weight excluding hydrogens is 357 g/mol. The maximum absolute atomic E-state index is 12.6. The standard InChI is InChI=1S/C17H9F3O4S/c18-17(19,20)25(21,22)24-14-7-3-6-13-16(14)12-8-10-4-1-2-5-11(10)9-15(12)23-13/h1-9H. The Hall–Kier alpha value is -2.74. The van der Waals surface area contributed by atoms with Gasteiger partial charge in [-0.05, 0) is 35.0 Å². The molecule has 0 spiro atoms. The fourth-order valence-electron chi connectivity index (χ4n) is 2.71. The van der Waals surface area contributed by atoms with Gasteiger partial charge in [0.1, 0.15) is 11.2 Å². The monoisotopic (exact) mass is 366 g/mol. The van der Waals surface area contributed by atoms with Gasteiger partial charge in [0.05, 0.1) is 5.39 Å². The van der Waals surface area contributed by atoms with E-state index < -0.39 is 21.4 Å². The molecule has 1 heterocycles. The van der Waals surface area contributed by atoms with E-state index in [0.29, 0.717) is 11.0 Å². The van der Waals surface area contributed by atoms with Crippen molar-refractivity contribution >= 4 is 42.8 Å². The summed E-state index contributed by atoms with van der Waals surface area (Å²) >= 11 is 0. The first-order valence-electron chi connectivity index (χ1n) is 7.11. The molecule has 1 aromatic heterocycles. The lowest BCUT2D eigenvalue weighted by atomic mass is 10.1. The second kappa shape index (κ2) is 5.13. The van der Waals surface area contributed by atoms with E-state index in [4.69, 9.17) is 4.42 Å². The molecule has 0 aliphatic rings. The highest BCUT2D eigenvalue weighted by molar-refractivity contribution is 7.88. The van der Waals surface area contributed by atoms with E-state index >= 15 is 0 Å². The van der Waals surface area contributed by atoms with Crippen LogP contribution in [0.3, 0.4) is 0 Å². The Labute approximate surface area is 139 Å². The average Bonchev–Trinajstić information content (AvgIpc) is 2.89. The lowest BCUT2D eigenvalue weighted by molar-refractivity contribution is -0.0499.